The highest BCUT2D eigenvalue weighted by molar-refractivity contribution is 6.32. The van der Waals surface area contributed by atoms with Gasteiger partial charge in [0.1, 0.15) is 5.75 Å². The molecule has 6 heteroatoms. The smallest absolute Gasteiger partial charge is 0.257 e. The van der Waals surface area contributed by atoms with E-state index in [-0.39, 0.29) is 11.5 Å². The Kier molecular flexibility index (Phi) is 3.87. The molecule has 1 heterocycles. The highest BCUT2D eigenvalue weighted by Crippen LogP contribution is 2.27. The number of aromatic nitrogens is 1. The van der Waals surface area contributed by atoms with Crippen molar-refractivity contribution in [3.63, 3.8) is 0 Å². The molecule has 0 saturated heterocycles. The van der Waals surface area contributed by atoms with Crippen molar-refractivity contribution in [2.24, 2.45) is 0 Å². The molecule has 0 spiro atoms. The second kappa shape index (κ2) is 5.58. The molecule has 1 aromatic carbocycles. The monoisotopic (exact) mass is 278 g/mol. The summed E-state index contributed by atoms with van der Waals surface area (Å²) in [6.45, 7) is 0. The lowest BCUT2D eigenvalue weighted by Crippen LogP contribution is -2.14. The number of methoxy groups -OCH3 is 1. The van der Waals surface area contributed by atoms with Crippen LogP contribution in [0.3, 0.4) is 0 Å². The Bertz CT molecular complexity index is 647. The van der Waals surface area contributed by atoms with E-state index < -0.39 is 0 Å². The molecule has 0 unspecified atom stereocenters. The van der Waals surface area contributed by atoms with Gasteiger partial charge in [-0.05, 0) is 24.3 Å². The van der Waals surface area contributed by atoms with E-state index in [9.17, 15) is 9.59 Å². The molecule has 0 aliphatic rings. The molecule has 1 amide bonds. The van der Waals surface area contributed by atoms with E-state index in [0.29, 0.717) is 22.0 Å². The summed E-state index contributed by atoms with van der Waals surface area (Å²) in [5.41, 5.74) is 0.637. The van der Waals surface area contributed by atoms with Crippen LogP contribution in [0.5, 0.6) is 5.75 Å². The summed E-state index contributed by atoms with van der Waals surface area (Å²) in [5.74, 6) is 0.196. The maximum atomic E-state index is 11.9. The Balaban J connectivity index is 2.17. The number of hydrogen-bond acceptors (Lipinski definition) is 3. The summed E-state index contributed by atoms with van der Waals surface area (Å²) >= 11 is 5.96. The third-order valence-electron chi connectivity index (χ3n) is 2.46. The van der Waals surface area contributed by atoms with E-state index in [0.717, 1.165) is 0 Å². The predicted molar refractivity (Wildman–Crippen MR) is 73.0 cm³/mol. The molecule has 0 atom stereocenters. The Labute approximate surface area is 114 Å². The highest BCUT2D eigenvalue weighted by atomic mass is 35.5. The molecule has 0 aliphatic heterocycles. The minimum absolute atomic E-state index is 0.260. The van der Waals surface area contributed by atoms with Crippen LogP contribution in [0.1, 0.15) is 10.4 Å². The van der Waals surface area contributed by atoms with Gasteiger partial charge in [-0.15, -0.1) is 0 Å². The predicted octanol–water partition coefficient (Wildman–Crippen LogP) is 2.29. The second-order valence-corrected chi connectivity index (χ2v) is 4.15. The molecule has 5 nitrogen and oxygen atoms in total. The molecule has 1 aromatic heterocycles. The van der Waals surface area contributed by atoms with E-state index in [4.69, 9.17) is 16.3 Å². The van der Waals surface area contributed by atoms with Crippen molar-refractivity contribution in [3.8, 4) is 5.75 Å². The molecule has 0 fully saturated rings. The van der Waals surface area contributed by atoms with Crippen molar-refractivity contribution in [2.45, 2.75) is 0 Å². The van der Waals surface area contributed by atoms with Crippen LogP contribution in [0.4, 0.5) is 5.69 Å². The van der Waals surface area contributed by atoms with Gasteiger partial charge in [0, 0.05) is 18.0 Å². The van der Waals surface area contributed by atoms with Crippen molar-refractivity contribution < 1.29 is 9.53 Å². The minimum Gasteiger partial charge on any atom is -0.495 e. The first-order chi connectivity index (χ1) is 9.10. The number of benzene rings is 1. The van der Waals surface area contributed by atoms with E-state index in [1.807, 2.05) is 0 Å². The number of hydrogen-bond donors (Lipinski definition) is 2. The van der Waals surface area contributed by atoms with Crippen LogP contribution in [0.15, 0.2) is 41.3 Å². The molecular weight excluding hydrogens is 268 g/mol. The van der Waals surface area contributed by atoms with Crippen LogP contribution in [-0.2, 0) is 0 Å². The van der Waals surface area contributed by atoms with Gasteiger partial charge in [-0.1, -0.05) is 11.6 Å². The highest BCUT2D eigenvalue weighted by Gasteiger charge is 2.07. The maximum Gasteiger partial charge on any atom is 0.257 e. The largest absolute Gasteiger partial charge is 0.495 e. The van der Waals surface area contributed by atoms with E-state index in [1.54, 1.807) is 18.2 Å². The van der Waals surface area contributed by atoms with Gasteiger partial charge in [-0.25, -0.2) is 0 Å². The van der Waals surface area contributed by atoms with Crippen molar-refractivity contribution in [2.75, 3.05) is 12.4 Å². The third-order valence-corrected chi connectivity index (χ3v) is 2.75. The number of nitrogens with one attached hydrogen (secondary N) is 2. The van der Waals surface area contributed by atoms with Gasteiger partial charge in [-0.2, -0.15) is 0 Å². The van der Waals surface area contributed by atoms with Gasteiger partial charge < -0.3 is 15.0 Å². The molecule has 98 valence electrons. The van der Waals surface area contributed by atoms with Gasteiger partial charge >= 0.3 is 0 Å². The number of carbonyl (C=O) groups is 1. The summed E-state index contributed by atoms with van der Waals surface area (Å²) in [7, 11) is 1.51. The van der Waals surface area contributed by atoms with Gasteiger partial charge in [0.2, 0.25) is 5.56 Å². The number of ether oxygens (including phenoxy) is 1. The molecule has 2 rings (SSSR count). The summed E-state index contributed by atoms with van der Waals surface area (Å²) in [6, 6.07) is 7.65. The summed E-state index contributed by atoms with van der Waals surface area (Å²) in [6.07, 6.45) is 1.35. The fourth-order valence-corrected chi connectivity index (χ4v) is 1.76. The standard InChI is InChI=1S/C13H11ClN2O3/c1-19-11-4-3-9(6-10(11)14)16-13(18)8-2-5-12(17)15-7-8/h2-7H,1H3,(H,15,17)(H,16,18). The number of amides is 1. The zero-order valence-electron chi connectivity index (χ0n) is 10.1. The molecule has 0 aliphatic carbocycles. The van der Waals surface area contributed by atoms with Crippen LogP contribution in [-0.4, -0.2) is 18.0 Å². The number of pyridine rings is 1. The lowest BCUT2D eigenvalue weighted by Gasteiger charge is -2.07. The zero-order chi connectivity index (χ0) is 13.8. The van der Waals surface area contributed by atoms with Gasteiger partial charge in [0.25, 0.3) is 5.91 Å². The molecule has 2 N–H and O–H groups in total. The Morgan fingerprint density at radius 3 is 2.68 bits per heavy atom. The molecule has 0 bridgehead atoms. The van der Waals surface area contributed by atoms with Gasteiger partial charge in [-0.3, -0.25) is 9.59 Å². The van der Waals surface area contributed by atoms with Gasteiger partial charge in [0.05, 0.1) is 17.7 Å². The minimum atomic E-state index is -0.336. The van der Waals surface area contributed by atoms with Crippen LogP contribution < -0.4 is 15.6 Å². The van der Waals surface area contributed by atoms with Crippen LogP contribution in [0, 0.1) is 0 Å². The first kappa shape index (κ1) is 13.2. The fraction of sp³-hybridized carbons (Fsp3) is 0.0769. The lowest BCUT2D eigenvalue weighted by atomic mass is 10.2. The van der Waals surface area contributed by atoms with Gasteiger partial charge in [0.15, 0.2) is 0 Å². The molecule has 19 heavy (non-hydrogen) atoms. The number of halogens is 1. The normalized spacial score (nSPS) is 10.0. The SMILES string of the molecule is COc1ccc(NC(=O)c2ccc(=O)[nH]c2)cc1Cl. The van der Waals surface area contributed by atoms with E-state index >= 15 is 0 Å². The number of carbonyl (C=O) groups excluding carboxylic acids is 1. The number of rotatable bonds is 3. The number of H-pyrrole nitrogens is 1. The van der Waals surface area contributed by atoms with E-state index in [2.05, 4.69) is 10.3 Å². The van der Waals surface area contributed by atoms with Crippen molar-refractivity contribution in [1.29, 1.82) is 0 Å². The summed E-state index contributed by atoms with van der Waals surface area (Å²) < 4.78 is 5.02. The van der Waals surface area contributed by atoms with Crippen LogP contribution in [0.2, 0.25) is 5.02 Å². The summed E-state index contributed by atoms with van der Waals surface area (Å²) in [5, 5.41) is 3.07. The topological polar surface area (TPSA) is 71.2 Å². The maximum absolute atomic E-state index is 11.9. The van der Waals surface area contributed by atoms with Crippen molar-refractivity contribution in [1.82, 2.24) is 4.98 Å². The Morgan fingerprint density at radius 1 is 1.32 bits per heavy atom. The second-order valence-electron chi connectivity index (χ2n) is 3.75. The van der Waals surface area contributed by atoms with Crippen LogP contribution in [0.25, 0.3) is 0 Å². The van der Waals surface area contributed by atoms with Crippen molar-refractivity contribution >= 4 is 23.2 Å². The Hall–Kier alpha value is -2.27. The molecule has 0 saturated carbocycles. The van der Waals surface area contributed by atoms with Crippen molar-refractivity contribution in [3.05, 3.63) is 57.5 Å². The number of anilines is 1. The molecule has 0 radical (unpaired) electrons. The average Bonchev–Trinajstić information content (AvgIpc) is 2.39. The quantitative estimate of drug-likeness (QED) is 0.905. The lowest BCUT2D eigenvalue weighted by molar-refractivity contribution is 0.102. The first-order valence-electron chi connectivity index (χ1n) is 5.44. The van der Waals surface area contributed by atoms with E-state index in [1.165, 1.54) is 25.4 Å². The third kappa shape index (κ3) is 3.14. The summed E-state index contributed by atoms with van der Waals surface area (Å²) in [4.78, 5) is 25.2. The molecule has 2 aromatic rings. The molecular formula is C13H11ClN2O3. The fourth-order valence-electron chi connectivity index (χ4n) is 1.50. The zero-order valence-corrected chi connectivity index (χ0v) is 10.8. The van der Waals surface area contributed by atoms with Crippen LogP contribution >= 0.6 is 11.6 Å². The number of aromatic amines is 1. The first-order valence-corrected chi connectivity index (χ1v) is 5.81. The Morgan fingerprint density at radius 2 is 2.11 bits per heavy atom. The average molecular weight is 279 g/mol.